The zero-order valence-electron chi connectivity index (χ0n) is 20.9. The molecule has 3 rings (SSSR count). The lowest BCUT2D eigenvalue weighted by atomic mass is 10.0. The molecule has 11 nitrogen and oxygen atoms in total. The van der Waals surface area contributed by atoms with Crippen molar-refractivity contribution in [2.75, 3.05) is 20.1 Å². The molecule has 2 heterocycles. The number of aromatic nitrogens is 2. The molecule has 6 N–H and O–H groups in total. The Bertz CT molecular complexity index is 1060. The van der Waals surface area contributed by atoms with Crippen LogP contribution in [0.25, 0.3) is 0 Å². The lowest BCUT2D eigenvalue weighted by molar-refractivity contribution is -0.140. The van der Waals surface area contributed by atoms with Gasteiger partial charge in [-0.3, -0.25) is 19.4 Å². The van der Waals surface area contributed by atoms with E-state index in [0.717, 1.165) is 5.56 Å². The number of likely N-dealkylation sites (N-methyl/N-ethyl adjacent to an activating group) is 1. The fourth-order valence-corrected chi connectivity index (χ4v) is 4.47. The van der Waals surface area contributed by atoms with Gasteiger partial charge in [0.15, 0.2) is 11.8 Å². The first-order valence-electron chi connectivity index (χ1n) is 12.2. The number of nitrogens with one attached hydrogen (secondary N) is 2. The number of likely N-dealkylation sites (tertiary alicyclic amines) is 1. The van der Waals surface area contributed by atoms with Gasteiger partial charge in [-0.05, 0) is 44.7 Å². The van der Waals surface area contributed by atoms with Gasteiger partial charge in [-0.15, -0.1) is 0 Å². The standard InChI is InChI=1S/C25H36N8O3/c1-28-19(16-17-8-4-3-5-9-17)24(36)33-14-7-11-20(33)23(35)31-18(10-6-12-30-25(26)27)21(34)22-29-13-15-32(22)2/h3-5,8-9,13,15,18-20,28H,6-7,10-12,14,16H2,1-2H3,(H,31,35)(H4,26,27,30)/t18?,19-,20+/m1/s1. The third kappa shape index (κ3) is 6.91. The van der Waals surface area contributed by atoms with Crippen LogP contribution < -0.4 is 22.1 Å². The molecule has 194 valence electrons. The summed E-state index contributed by atoms with van der Waals surface area (Å²) in [6, 6.07) is 7.85. The van der Waals surface area contributed by atoms with Crippen LogP contribution in [0.4, 0.5) is 0 Å². The van der Waals surface area contributed by atoms with E-state index in [0.29, 0.717) is 45.2 Å². The molecule has 0 spiro atoms. The van der Waals surface area contributed by atoms with Crippen molar-refractivity contribution in [1.29, 1.82) is 0 Å². The Morgan fingerprint density at radius 3 is 2.58 bits per heavy atom. The zero-order valence-corrected chi connectivity index (χ0v) is 20.9. The van der Waals surface area contributed by atoms with E-state index in [4.69, 9.17) is 11.5 Å². The molecule has 0 saturated carbocycles. The van der Waals surface area contributed by atoms with Gasteiger partial charge in [-0.25, -0.2) is 4.98 Å². The minimum Gasteiger partial charge on any atom is -0.370 e. The largest absolute Gasteiger partial charge is 0.370 e. The van der Waals surface area contributed by atoms with Gasteiger partial charge in [0.2, 0.25) is 17.6 Å². The van der Waals surface area contributed by atoms with Gasteiger partial charge >= 0.3 is 0 Å². The van der Waals surface area contributed by atoms with Gasteiger partial charge in [0.25, 0.3) is 0 Å². The summed E-state index contributed by atoms with van der Waals surface area (Å²) >= 11 is 0. The number of guanidine groups is 1. The van der Waals surface area contributed by atoms with Crippen molar-refractivity contribution in [2.45, 2.75) is 50.2 Å². The summed E-state index contributed by atoms with van der Waals surface area (Å²) in [6.45, 7) is 0.826. The number of benzene rings is 1. The number of imidazole rings is 1. The quantitative estimate of drug-likeness (QED) is 0.139. The maximum atomic E-state index is 13.4. The number of amides is 2. The van der Waals surface area contributed by atoms with Crippen molar-refractivity contribution in [3.8, 4) is 0 Å². The van der Waals surface area contributed by atoms with E-state index in [1.54, 1.807) is 29.8 Å². The van der Waals surface area contributed by atoms with Crippen LogP contribution in [0.3, 0.4) is 0 Å². The Balaban J connectivity index is 1.71. The second-order valence-corrected chi connectivity index (χ2v) is 8.96. The molecular weight excluding hydrogens is 460 g/mol. The third-order valence-corrected chi connectivity index (χ3v) is 6.39. The monoisotopic (exact) mass is 496 g/mol. The fraction of sp³-hybridized carbons (Fsp3) is 0.480. The molecule has 1 aliphatic heterocycles. The SMILES string of the molecule is CN[C@H](Cc1ccccc1)C(=O)N1CCC[C@H]1C(=O)NC(CCCN=C(N)N)C(=O)c1nccn1C. The summed E-state index contributed by atoms with van der Waals surface area (Å²) in [5.74, 6) is -0.544. The van der Waals surface area contributed by atoms with E-state index < -0.39 is 18.1 Å². The van der Waals surface area contributed by atoms with Gasteiger partial charge < -0.3 is 31.6 Å². The molecule has 2 aromatic rings. The number of aryl methyl sites for hydroxylation is 1. The van der Waals surface area contributed by atoms with E-state index in [2.05, 4.69) is 20.6 Å². The van der Waals surface area contributed by atoms with Crippen molar-refractivity contribution >= 4 is 23.6 Å². The Morgan fingerprint density at radius 1 is 1.19 bits per heavy atom. The van der Waals surface area contributed by atoms with Gasteiger partial charge in [0.1, 0.15) is 6.04 Å². The van der Waals surface area contributed by atoms with Crippen molar-refractivity contribution in [2.24, 2.45) is 23.5 Å². The van der Waals surface area contributed by atoms with Crippen LogP contribution >= 0.6 is 0 Å². The summed E-state index contributed by atoms with van der Waals surface area (Å²) in [4.78, 5) is 49.7. The Labute approximate surface area is 211 Å². The topological polar surface area (TPSA) is 161 Å². The predicted molar refractivity (Wildman–Crippen MR) is 137 cm³/mol. The van der Waals surface area contributed by atoms with Crippen LogP contribution in [0.2, 0.25) is 0 Å². The number of carbonyl (C=O) groups is 3. The highest BCUT2D eigenvalue weighted by molar-refractivity contribution is 6.00. The molecule has 0 radical (unpaired) electrons. The Morgan fingerprint density at radius 2 is 1.94 bits per heavy atom. The molecule has 1 unspecified atom stereocenters. The number of hydrogen-bond acceptors (Lipinski definition) is 6. The first-order chi connectivity index (χ1) is 17.3. The number of Topliss-reactive ketones (excluding diaryl/α,β-unsaturated/α-hetero) is 1. The molecule has 1 aromatic carbocycles. The summed E-state index contributed by atoms with van der Waals surface area (Å²) in [5, 5.41) is 5.98. The molecule has 2 amide bonds. The molecule has 11 heteroatoms. The third-order valence-electron chi connectivity index (χ3n) is 6.39. The molecule has 3 atom stereocenters. The summed E-state index contributed by atoms with van der Waals surface area (Å²) in [5.41, 5.74) is 11.8. The maximum Gasteiger partial charge on any atom is 0.243 e. The lowest BCUT2D eigenvalue weighted by Crippen LogP contribution is -2.54. The van der Waals surface area contributed by atoms with Crippen LogP contribution in [0, 0.1) is 0 Å². The maximum absolute atomic E-state index is 13.4. The van der Waals surface area contributed by atoms with Gasteiger partial charge in [-0.1, -0.05) is 30.3 Å². The van der Waals surface area contributed by atoms with Gasteiger partial charge in [0.05, 0.1) is 12.1 Å². The van der Waals surface area contributed by atoms with Crippen molar-refractivity contribution in [1.82, 2.24) is 25.1 Å². The zero-order chi connectivity index (χ0) is 26.1. The number of nitrogens with two attached hydrogens (primary N) is 2. The van der Waals surface area contributed by atoms with E-state index >= 15 is 0 Å². The fourth-order valence-electron chi connectivity index (χ4n) is 4.47. The van der Waals surface area contributed by atoms with Crippen molar-refractivity contribution < 1.29 is 14.4 Å². The van der Waals surface area contributed by atoms with Crippen molar-refractivity contribution in [3.63, 3.8) is 0 Å². The van der Waals surface area contributed by atoms with Gasteiger partial charge in [0, 0.05) is 32.5 Å². The minimum atomic E-state index is -0.810. The van der Waals surface area contributed by atoms with E-state index in [1.165, 1.54) is 6.20 Å². The second kappa shape index (κ2) is 12.8. The second-order valence-electron chi connectivity index (χ2n) is 8.96. The normalized spacial score (nSPS) is 16.8. The van der Waals surface area contributed by atoms with E-state index in [1.807, 2.05) is 30.3 Å². The molecule has 36 heavy (non-hydrogen) atoms. The number of ketones is 1. The molecule has 0 aliphatic carbocycles. The number of rotatable bonds is 12. The van der Waals surface area contributed by atoms with Crippen LogP contribution in [-0.4, -0.2) is 76.3 Å². The first kappa shape index (κ1) is 26.9. The number of aliphatic imine (C=N–C) groups is 1. The first-order valence-corrected chi connectivity index (χ1v) is 12.2. The molecule has 1 aromatic heterocycles. The average Bonchev–Trinajstić information content (AvgIpc) is 3.53. The van der Waals surface area contributed by atoms with Crippen molar-refractivity contribution in [3.05, 3.63) is 54.1 Å². The molecule has 1 fully saturated rings. The predicted octanol–water partition coefficient (Wildman–Crippen LogP) is -0.0371. The molecule has 1 saturated heterocycles. The van der Waals surface area contributed by atoms with E-state index in [-0.39, 0.29) is 29.4 Å². The molecular formula is C25H36N8O3. The highest BCUT2D eigenvalue weighted by Crippen LogP contribution is 2.20. The highest BCUT2D eigenvalue weighted by atomic mass is 16.2. The summed E-state index contributed by atoms with van der Waals surface area (Å²) in [6.07, 6.45) is 5.81. The van der Waals surface area contributed by atoms with E-state index in [9.17, 15) is 14.4 Å². The highest BCUT2D eigenvalue weighted by Gasteiger charge is 2.38. The molecule has 0 bridgehead atoms. The smallest absolute Gasteiger partial charge is 0.243 e. The van der Waals surface area contributed by atoms with Gasteiger partial charge in [-0.2, -0.15) is 0 Å². The van der Waals surface area contributed by atoms with Crippen LogP contribution in [0.5, 0.6) is 0 Å². The Kier molecular flexibility index (Phi) is 9.57. The Hall–Kier alpha value is -3.73. The summed E-state index contributed by atoms with van der Waals surface area (Å²) in [7, 11) is 3.47. The number of carbonyl (C=O) groups excluding carboxylic acids is 3. The van der Waals surface area contributed by atoms with Crippen LogP contribution in [-0.2, 0) is 23.1 Å². The number of hydrogen-bond donors (Lipinski definition) is 4. The van der Waals surface area contributed by atoms with Crippen LogP contribution in [0.15, 0.2) is 47.7 Å². The molecule has 1 aliphatic rings. The average molecular weight is 497 g/mol. The summed E-state index contributed by atoms with van der Waals surface area (Å²) < 4.78 is 1.62. The minimum absolute atomic E-state index is 0.0271. The lowest BCUT2D eigenvalue weighted by Gasteiger charge is -2.29. The van der Waals surface area contributed by atoms with Crippen LogP contribution in [0.1, 0.15) is 41.9 Å². The number of nitrogens with zero attached hydrogens (tertiary/aromatic N) is 4.